The molecule has 2 fully saturated rings. The molecule has 2 nitrogen and oxygen atoms in total. The molecule has 1 spiro atoms. The fraction of sp³-hybridized carbons (Fsp3) is 0.857. The Morgan fingerprint density at radius 1 is 1.31 bits per heavy atom. The van der Waals surface area contributed by atoms with Crippen molar-refractivity contribution < 1.29 is 9.84 Å². The van der Waals surface area contributed by atoms with Crippen molar-refractivity contribution in [2.45, 2.75) is 57.2 Å². The summed E-state index contributed by atoms with van der Waals surface area (Å²) in [5.41, 5.74) is 1.07. The topological polar surface area (TPSA) is 29.5 Å². The van der Waals surface area contributed by atoms with Crippen LogP contribution in [0, 0.1) is 11.8 Å². The van der Waals surface area contributed by atoms with Crippen LogP contribution in [0.5, 0.6) is 0 Å². The molecule has 90 valence electrons. The summed E-state index contributed by atoms with van der Waals surface area (Å²) in [4.78, 5) is 0. The smallest absolute Gasteiger partial charge is 0.0952 e. The molecule has 1 aliphatic heterocycles. The highest BCUT2D eigenvalue weighted by molar-refractivity contribution is 5.28. The minimum Gasteiger partial charge on any atom is -0.392 e. The van der Waals surface area contributed by atoms with Crippen molar-refractivity contribution in [1.82, 2.24) is 0 Å². The Morgan fingerprint density at radius 3 is 2.81 bits per heavy atom. The Labute approximate surface area is 97.7 Å². The molecule has 0 aromatic heterocycles. The van der Waals surface area contributed by atoms with E-state index in [0.717, 1.165) is 12.8 Å². The second-order valence-corrected chi connectivity index (χ2v) is 6.24. The highest BCUT2D eigenvalue weighted by atomic mass is 16.5. The standard InChI is InChI=1S/C14H22O2/c1-13(2)11-7-6-10-4-3-5-12(9-15)14(10,8-11)16-13/h5,10-11,15H,3-4,6-9H2,1-2H3/t10?,11?,14-/m1/s1. The summed E-state index contributed by atoms with van der Waals surface area (Å²) >= 11 is 0. The van der Waals surface area contributed by atoms with Crippen LogP contribution < -0.4 is 0 Å². The third-order valence-electron chi connectivity index (χ3n) is 5.12. The van der Waals surface area contributed by atoms with Gasteiger partial charge in [0, 0.05) is 0 Å². The minimum atomic E-state index is -0.0978. The third-order valence-corrected chi connectivity index (χ3v) is 5.12. The molecule has 2 aliphatic carbocycles. The van der Waals surface area contributed by atoms with Crippen molar-refractivity contribution in [3.8, 4) is 0 Å². The number of aliphatic hydroxyl groups is 1. The number of hydrogen-bond donors (Lipinski definition) is 1. The van der Waals surface area contributed by atoms with Crippen molar-refractivity contribution in [2.75, 3.05) is 6.61 Å². The van der Waals surface area contributed by atoms with E-state index in [9.17, 15) is 5.11 Å². The number of allylic oxidation sites excluding steroid dienone is 1. The molecule has 2 bridgehead atoms. The van der Waals surface area contributed by atoms with Gasteiger partial charge >= 0.3 is 0 Å². The van der Waals surface area contributed by atoms with Gasteiger partial charge in [-0.2, -0.15) is 0 Å². The van der Waals surface area contributed by atoms with Gasteiger partial charge in [0.1, 0.15) is 0 Å². The maximum absolute atomic E-state index is 9.57. The zero-order chi connectivity index (χ0) is 11.4. The van der Waals surface area contributed by atoms with Gasteiger partial charge in [0.15, 0.2) is 0 Å². The molecule has 0 amide bonds. The molecule has 1 heterocycles. The Hall–Kier alpha value is -0.340. The van der Waals surface area contributed by atoms with Crippen LogP contribution in [0.25, 0.3) is 0 Å². The molecule has 3 atom stereocenters. The highest BCUT2D eigenvalue weighted by Crippen LogP contribution is 2.58. The van der Waals surface area contributed by atoms with E-state index in [1.165, 1.54) is 24.8 Å². The number of fused-ring (bicyclic) bond motifs is 1. The predicted octanol–water partition coefficient (Wildman–Crippen LogP) is 2.66. The normalized spacial score (nSPS) is 45.1. The van der Waals surface area contributed by atoms with E-state index in [-0.39, 0.29) is 17.8 Å². The van der Waals surface area contributed by atoms with Crippen LogP contribution >= 0.6 is 0 Å². The van der Waals surface area contributed by atoms with Crippen molar-refractivity contribution in [1.29, 1.82) is 0 Å². The van der Waals surface area contributed by atoms with Gasteiger partial charge in [-0.3, -0.25) is 0 Å². The van der Waals surface area contributed by atoms with E-state index in [1.807, 2.05) is 0 Å². The molecular weight excluding hydrogens is 200 g/mol. The number of rotatable bonds is 1. The quantitative estimate of drug-likeness (QED) is 0.691. The van der Waals surface area contributed by atoms with Gasteiger partial charge in [0.25, 0.3) is 0 Å². The molecule has 2 heteroatoms. The molecule has 0 aromatic carbocycles. The zero-order valence-electron chi connectivity index (χ0n) is 10.3. The molecule has 2 unspecified atom stereocenters. The monoisotopic (exact) mass is 222 g/mol. The Kier molecular flexibility index (Phi) is 2.25. The molecule has 0 aromatic rings. The van der Waals surface area contributed by atoms with Crippen LogP contribution in [0.4, 0.5) is 0 Å². The first-order chi connectivity index (χ1) is 7.58. The third kappa shape index (κ3) is 1.26. The van der Waals surface area contributed by atoms with Crippen LogP contribution in [0.3, 0.4) is 0 Å². The summed E-state index contributed by atoms with van der Waals surface area (Å²) in [5, 5.41) is 9.57. The number of aliphatic hydroxyl groups excluding tert-OH is 1. The summed E-state index contributed by atoms with van der Waals surface area (Å²) in [7, 11) is 0. The largest absolute Gasteiger partial charge is 0.392 e. The lowest BCUT2D eigenvalue weighted by Gasteiger charge is -2.44. The molecule has 3 aliphatic rings. The first kappa shape index (κ1) is 10.8. The second-order valence-electron chi connectivity index (χ2n) is 6.24. The van der Waals surface area contributed by atoms with E-state index in [4.69, 9.17) is 4.74 Å². The summed E-state index contributed by atoms with van der Waals surface area (Å²) in [5.74, 6) is 1.33. The molecular formula is C14H22O2. The summed E-state index contributed by atoms with van der Waals surface area (Å²) in [6, 6.07) is 0. The van der Waals surface area contributed by atoms with E-state index < -0.39 is 0 Å². The van der Waals surface area contributed by atoms with Crippen molar-refractivity contribution in [3.63, 3.8) is 0 Å². The van der Waals surface area contributed by atoms with E-state index in [1.54, 1.807) is 0 Å². The Bertz CT molecular complexity index is 332. The Morgan fingerprint density at radius 2 is 2.06 bits per heavy atom. The highest BCUT2D eigenvalue weighted by Gasteiger charge is 2.59. The average Bonchev–Trinajstić information content (AvgIpc) is 2.45. The van der Waals surface area contributed by atoms with Gasteiger partial charge in [0.2, 0.25) is 0 Å². The van der Waals surface area contributed by atoms with Crippen LogP contribution in [0.2, 0.25) is 0 Å². The van der Waals surface area contributed by atoms with Crippen LogP contribution in [0.15, 0.2) is 11.6 Å². The molecule has 3 rings (SSSR count). The molecule has 1 saturated heterocycles. The van der Waals surface area contributed by atoms with E-state index in [2.05, 4.69) is 19.9 Å². The van der Waals surface area contributed by atoms with Gasteiger partial charge in [-0.15, -0.1) is 0 Å². The summed E-state index contributed by atoms with van der Waals surface area (Å²) < 4.78 is 6.44. The second kappa shape index (κ2) is 3.33. The molecule has 1 N–H and O–H groups in total. The van der Waals surface area contributed by atoms with Gasteiger partial charge in [0.05, 0.1) is 17.8 Å². The lowest BCUT2D eigenvalue weighted by Crippen LogP contribution is -2.45. The molecule has 16 heavy (non-hydrogen) atoms. The van der Waals surface area contributed by atoms with E-state index >= 15 is 0 Å². The van der Waals surface area contributed by atoms with Gasteiger partial charge in [-0.25, -0.2) is 0 Å². The first-order valence-corrected chi connectivity index (χ1v) is 6.59. The van der Waals surface area contributed by atoms with E-state index in [0.29, 0.717) is 11.8 Å². The number of hydrogen-bond acceptors (Lipinski definition) is 2. The summed E-state index contributed by atoms with van der Waals surface area (Å²) in [6.07, 6.45) is 8.31. The van der Waals surface area contributed by atoms with Crippen LogP contribution in [-0.4, -0.2) is 22.9 Å². The van der Waals surface area contributed by atoms with Crippen molar-refractivity contribution in [3.05, 3.63) is 11.6 Å². The van der Waals surface area contributed by atoms with Crippen molar-refractivity contribution >= 4 is 0 Å². The zero-order valence-corrected chi connectivity index (χ0v) is 10.3. The van der Waals surface area contributed by atoms with Crippen LogP contribution in [-0.2, 0) is 4.74 Å². The number of ether oxygens (including phenoxy) is 1. The minimum absolute atomic E-state index is 0.000347. The predicted molar refractivity (Wildman–Crippen MR) is 63.1 cm³/mol. The lowest BCUT2D eigenvalue weighted by molar-refractivity contribution is -0.0999. The SMILES string of the molecule is CC1(C)O[C@]23CC1CCC2CCC=C3CO. The fourth-order valence-corrected chi connectivity index (χ4v) is 4.21. The van der Waals surface area contributed by atoms with Gasteiger partial charge in [-0.05, 0) is 63.4 Å². The van der Waals surface area contributed by atoms with Crippen LogP contribution in [0.1, 0.15) is 46.0 Å². The van der Waals surface area contributed by atoms with Gasteiger partial charge in [-0.1, -0.05) is 6.08 Å². The maximum atomic E-state index is 9.57. The average molecular weight is 222 g/mol. The fourth-order valence-electron chi connectivity index (χ4n) is 4.21. The van der Waals surface area contributed by atoms with Gasteiger partial charge < -0.3 is 9.84 Å². The molecule has 0 radical (unpaired) electrons. The Balaban J connectivity index is 2.03. The summed E-state index contributed by atoms with van der Waals surface area (Å²) in [6.45, 7) is 4.62. The maximum Gasteiger partial charge on any atom is 0.0952 e. The van der Waals surface area contributed by atoms with Crippen molar-refractivity contribution in [2.24, 2.45) is 11.8 Å². The lowest BCUT2D eigenvalue weighted by atomic mass is 9.64. The first-order valence-electron chi connectivity index (χ1n) is 6.59. The molecule has 1 saturated carbocycles.